The van der Waals surface area contributed by atoms with Crippen molar-refractivity contribution in [2.24, 2.45) is 5.92 Å². The molecule has 1 aromatic carbocycles. The van der Waals surface area contributed by atoms with Crippen molar-refractivity contribution < 1.29 is 18.8 Å². The van der Waals surface area contributed by atoms with E-state index in [-0.39, 0.29) is 30.0 Å². The molecule has 28 heavy (non-hydrogen) atoms. The van der Waals surface area contributed by atoms with Gasteiger partial charge in [0.2, 0.25) is 11.8 Å². The average molecular weight is 383 g/mol. The van der Waals surface area contributed by atoms with E-state index in [1.807, 2.05) is 12.1 Å². The lowest BCUT2D eigenvalue weighted by Gasteiger charge is -2.29. The maximum absolute atomic E-state index is 14.3. The van der Waals surface area contributed by atoms with Gasteiger partial charge in [0, 0.05) is 42.2 Å². The standard InChI is InChI=1S/C21H22FN3O3/c1-12-4-2-5-13(19(12)22)10-23-16-7-3-6-14-15(16)11-25(21(14)28)17-8-9-18(26)24-20(17)27/h2-4,6-7,13,17,23H,5,8-11H2,1H3,(H,24,26,27). The first-order valence-electron chi connectivity index (χ1n) is 9.49. The zero-order valence-corrected chi connectivity index (χ0v) is 15.6. The Hall–Kier alpha value is -2.96. The van der Waals surface area contributed by atoms with Crippen LogP contribution in [-0.2, 0) is 16.1 Å². The fourth-order valence-corrected chi connectivity index (χ4v) is 4.07. The molecule has 0 aromatic heterocycles. The van der Waals surface area contributed by atoms with Crippen LogP contribution in [-0.4, -0.2) is 35.2 Å². The molecular formula is C21H22FN3O3. The lowest BCUT2D eigenvalue weighted by atomic mass is 9.95. The number of allylic oxidation sites excluding steroid dienone is 3. The maximum Gasteiger partial charge on any atom is 0.255 e. The lowest BCUT2D eigenvalue weighted by molar-refractivity contribution is -0.136. The molecule has 7 heteroatoms. The van der Waals surface area contributed by atoms with Crippen LogP contribution in [0, 0.1) is 5.92 Å². The van der Waals surface area contributed by atoms with Gasteiger partial charge in [0.15, 0.2) is 0 Å². The van der Waals surface area contributed by atoms with E-state index in [4.69, 9.17) is 0 Å². The number of amides is 3. The van der Waals surface area contributed by atoms with E-state index in [1.54, 1.807) is 25.1 Å². The number of rotatable bonds is 4. The molecule has 0 bridgehead atoms. The second-order valence-corrected chi connectivity index (χ2v) is 7.48. The Balaban J connectivity index is 1.51. The molecule has 2 heterocycles. The van der Waals surface area contributed by atoms with Gasteiger partial charge in [-0.1, -0.05) is 18.2 Å². The number of nitrogens with one attached hydrogen (secondary N) is 2. The van der Waals surface area contributed by atoms with E-state index in [9.17, 15) is 18.8 Å². The summed E-state index contributed by atoms with van der Waals surface area (Å²) in [6.45, 7) is 2.48. The Labute approximate surface area is 162 Å². The summed E-state index contributed by atoms with van der Waals surface area (Å²) in [4.78, 5) is 37.9. The summed E-state index contributed by atoms with van der Waals surface area (Å²) in [6, 6.07) is 4.75. The number of carbonyl (C=O) groups is 3. The molecule has 3 aliphatic rings. The molecule has 6 nitrogen and oxygen atoms in total. The van der Waals surface area contributed by atoms with Crippen molar-refractivity contribution in [3.8, 4) is 0 Å². The molecule has 1 aromatic rings. The molecule has 4 rings (SSSR count). The van der Waals surface area contributed by atoms with Gasteiger partial charge in [0.1, 0.15) is 11.9 Å². The molecule has 2 aliphatic heterocycles. The third kappa shape index (κ3) is 3.21. The van der Waals surface area contributed by atoms with E-state index in [0.717, 1.165) is 11.3 Å². The largest absolute Gasteiger partial charge is 0.384 e. The Morgan fingerprint density at radius 2 is 2.11 bits per heavy atom. The number of piperidine rings is 1. The fraction of sp³-hybridized carbons (Fsp3) is 0.381. The quantitative estimate of drug-likeness (QED) is 0.784. The number of anilines is 1. The van der Waals surface area contributed by atoms with Crippen molar-refractivity contribution in [1.29, 1.82) is 0 Å². The van der Waals surface area contributed by atoms with Crippen molar-refractivity contribution in [1.82, 2.24) is 10.2 Å². The molecule has 3 amide bonds. The number of fused-ring (bicyclic) bond motifs is 1. The van der Waals surface area contributed by atoms with Crippen LogP contribution < -0.4 is 10.6 Å². The Bertz CT molecular complexity index is 921. The monoisotopic (exact) mass is 383 g/mol. The third-order valence-corrected chi connectivity index (χ3v) is 5.64. The van der Waals surface area contributed by atoms with Crippen LogP contribution in [0.1, 0.15) is 42.1 Å². The van der Waals surface area contributed by atoms with Crippen LogP contribution in [0.2, 0.25) is 0 Å². The zero-order valence-electron chi connectivity index (χ0n) is 15.6. The van der Waals surface area contributed by atoms with Gasteiger partial charge in [0.25, 0.3) is 5.91 Å². The predicted octanol–water partition coefficient (Wildman–Crippen LogP) is 2.68. The van der Waals surface area contributed by atoms with Gasteiger partial charge in [0.05, 0.1) is 0 Å². The molecule has 1 aliphatic carbocycles. The fourth-order valence-electron chi connectivity index (χ4n) is 4.07. The number of nitrogens with zero attached hydrogens (tertiary/aromatic N) is 1. The van der Waals surface area contributed by atoms with Crippen molar-refractivity contribution in [2.75, 3.05) is 11.9 Å². The number of hydrogen-bond donors (Lipinski definition) is 2. The molecule has 1 saturated heterocycles. The van der Waals surface area contributed by atoms with Gasteiger partial charge in [-0.15, -0.1) is 0 Å². The van der Waals surface area contributed by atoms with Crippen LogP contribution in [0.3, 0.4) is 0 Å². The Morgan fingerprint density at radius 3 is 2.89 bits per heavy atom. The molecule has 1 fully saturated rings. The molecule has 2 atom stereocenters. The van der Waals surface area contributed by atoms with Gasteiger partial charge in [-0.3, -0.25) is 19.7 Å². The molecule has 146 valence electrons. The summed E-state index contributed by atoms with van der Waals surface area (Å²) in [7, 11) is 0. The normalized spacial score (nSPS) is 24.5. The van der Waals surface area contributed by atoms with Crippen LogP contribution in [0.4, 0.5) is 10.1 Å². The number of benzene rings is 1. The minimum Gasteiger partial charge on any atom is -0.384 e. The van der Waals surface area contributed by atoms with Gasteiger partial charge >= 0.3 is 0 Å². The molecule has 0 radical (unpaired) electrons. The van der Waals surface area contributed by atoms with Crippen LogP contribution in [0.15, 0.2) is 41.8 Å². The van der Waals surface area contributed by atoms with E-state index in [1.165, 1.54) is 4.90 Å². The van der Waals surface area contributed by atoms with Crippen molar-refractivity contribution >= 4 is 23.4 Å². The maximum atomic E-state index is 14.3. The summed E-state index contributed by atoms with van der Waals surface area (Å²) >= 11 is 0. The van der Waals surface area contributed by atoms with Crippen LogP contribution >= 0.6 is 0 Å². The molecule has 2 unspecified atom stereocenters. The molecule has 0 saturated carbocycles. The zero-order chi connectivity index (χ0) is 19.8. The second-order valence-electron chi connectivity index (χ2n) is 7.48. The molecule has 2 N–H and O–H groups in total. The van der Waals surface area contributed by atoms with Crippen LogP contribution in [0.5, 0.6) is 0 Å². The first-order valence-corrected chi connectivity index (χ1v) is 9.49. The number of halogens is 1. The summed E-state index contributed by atoms with van der Waals surface area (Å²) < 4.78 is 14.3. The number of carbonyl (C=O) groups excluding carboxylic acids is 3. The molecule has 0 spiro atoms. The summed E-state index contributed by atoms with van der Waals surface area (Å²) in [6.07, 6.45) is 4.95. The van der Waals surface area contributed by atoms with E-state index >= 15 is 0 Å². The Morgan fingerprint density at radius 1 is 1.29 bits per heavy atom. The Kier molecular flexibility index (Phi) is 4.75. The van der Waals surface area contributed by atoms with Crippen molar-refractivity contribution in [3.63, 3.8) is 0 Å². The third-order valence-electron chi connectivity index (χ3n) is 5.64. The summed E-state index contributed by atoms with van der Waals surface area (Å²) in [5, 5.41) is 5.59. The molecular weight excluding hydrogens is 361 g/mol. The van der Waals surface area contributed by atoms with E-state index in [2.05, 4.69) is 10.6 Å². The first-order chi connectivity index (χ1) is 13.5. The predicted molar refractivity (Wildman–Crippen MR) is 102 cm³/mol. The lowest BCUT2D eigenvalue weighted by Crippen LogP contribution is -2.52. The minimum absolute atomic E-state index is 0.108. The van der Waals surface area contributed by atoms with Gasteiger partial charge in [-0.25, -0.2) is 4.39 Å². The van der Waals surface area contributed by atoms with E-state index in [0.29, 0.717) is 37.1 Å². The van der Waals surface area contributed by atoms with E-state index < -0.39 is 11.9 Å². The smallest absolute Gasteiger partial charge is 0.255 e. The topological polar surface area (TPSA) is 78.5 Å². The van der Waals surface area contributed by atoms with Gasteiger partial charge in [-0.2, -0.15) is 0 Å². The second kappa shape index (κ2) is 7.22. The first kappa shape index (κ1) is 18.4. The summed E-state index contributed by atoms with van der Waals surface area (Å²) in [5.41, 5.74) is 2.78. The number of hydrogen-bond acceptors (Lipinski definition) is 4. The minimum atomic E-state index is -0.642. The van der Waals surface area contributed by atoms with Gasteiger partial charge in [-0.05, 0) is 37.5 Å². The number of imide groups is 1. The highest BCUT2D eigenvalue weighted by molar-refractivity contribution is 6.06. The highest BCUT2D eigenvalue weighted by Crippen LogP contribution is 2.33. The van der Waals surface area contributed by atoms with Crippen LogP contribution in [0.25, 0.3) is 0 Å². The highest BCUT2D eigenvalue weighted by Gasteiger charge is 2.39. The SMILES string of the molecule is CC1=C(F)C(CNc2cccc3c2CN(C2CCC(=O)NC2=O)C3=O)CC=C1. The summed E-state index contributed by atoms with van der Waals surface area (Å²) in [5.74, 6) is -1.29. The van der Waals surface area contributed by atoms with Crippen molar-refractivity contribution in [2.45, 2.75) is 38.8 Å². The highest BCUT2D eigenvalue weighted by atomic mass is 19.1. The average Bonchev–Trinajstić information content (AvgIpc) is 3.00. The van der Waals surface area contributed by atoms with Gasteiger partial charge < -0.3 is 10.2 Å². The van der Waals surface area contributed by atoms with Crippen molar-refractivity contribution in [3.05, 3.63) is 52.9 Å².